The molecule has 1 aromatic carbocycles. The van der Waals surface area contributed by atoms with Gasteiger partial charge in [-0.3, -0.25) is 4.68 Å². The molecule has 0 aliphatic rings. The monoisotopic (exact) mass is 201 g/mol. The Balaban J connectivity index is 2.07. The fraction of sp³-hybridized carbons (Fsp3) is 0.250. The smallest absolute Gasteiger partial charge is 0.0752 e. The van der Waals surface area contributed by atoms with Gasteiger partial charge in [-0.25, -0.2) is 0 Å². The van der Waals surface area contributed by atoms with E-state index in [0.717, 1.165) is 12.2 Å². The molecule has 1 heterocycles. The minimum absolute atomic E-state index is 0.909. The summed E-state index contributed by atoms with van der Waals surface area (Å²) < 4.78 is 1.82. The van der Waals surface area contributed by atoms with Gasteiger partial charge < -0.3 is 4.90 Å². The van der Waals surface area contributed by atoms with Crippen LogP contribution in [0.5, 0.6) is 0 Å². The zero-order valence-electron chi connectivity index (χ0n) is 9.09. The average Bonchev–Trinajstić information content (AvgIpc) is 2.66. The molecule has 0 radical (unpaired) electrons. The molecule has 3 nitrogen and oxygen atoms in total. The van der Waals surface area contributed by atoms with Crippen LogP contribution in [-0.2, 0) is 13.6 Å². The Kier molecular flexibility index (Phi) is 2.72. The van der Waals surface area contributed by atoms with Gasteiger partial charge in [0, 0.05) is 26.8 Å². The van der Waals surface area contributed by atoms with Crippen LogP contribution in [0.2, 0.25) is 0 Å². The Morgan fingerprint density at radius 1 is 1.27 bits per heavy atom. The van der Waals surface area contributed by atoms with Crippen molar-refractivity contribution in [1.82, 2.24) is 9.78 Å². The van der Waals surface area contributed by atoms with Gasteiger partial charge in [0.05, 0.1) is 11.9 Å². The molecule has 0 unspecified atom stereocenters. The van der Waals surface area contributed by atoms with Crippen LogP contribution in [0.25, 0.3) is 0 Å². The molecule has 0 atom stereocenters. The summed E-state index contributed by atoms with van der Waals surface area (Å²) >= 11 is 0. The highest BCUT2D eigenvalue weighted by atomic mass is 15.3. The van der Waals surface area contributed by atoms with E-state index in [1.54, 1.807) is 0 Å². The van der Waals surface area contributed by atoms with Crippen LogP contribution in [0.3, 0.4) is 0 Å². The van der Waals surface area contributed by atoms with E-state index in [-0.39, 0.29) is 0 Å². The van der Waals surface area contributed by atoms with Crippen LogP contribution >= 0.6 is 0 Å². The van der Waals surface area contributed by atoms with Crippen LogP contribution < -0.4 is 4.90 Å². The van der Waals surface area contributed by atoms with Crippen molar-refractivity contribution < 1.29 is 0 Å². The summed E-state index contributed by atoms with van der Waals surface area (Å²) in [7, 11) is 4.00. The van der Waals surface area contributed by atoms with Gasteiger partial charge in [-0.1, -0.05) is 30.3 Å². The average molecular weight is 201 g/mol. The first-order valence-corrected chi connectivity index (χ1v) is 4.99. The van der Waals surface area contributed by atoms with Crippen LogP contribution in [-0.4, -0.2) is 16.8 Å². The Hall–Kier alpha value is -1.77. The molecule has 0 saturated carbocycles. The number of nitrogens with zero attached hydrogens (tertiary/aromatic N) is 3. The molecule has 0 saturated heterocycles. The summed E-state index contributed by atoms with van der Waals surface area (Å²) in [5, 5.41) is 4.15. The Morgan fingerprint density at radius 3 is 2.60 bits per heavy atom. The number of aromatic nitrogens is 2. The van der Waals surface area contributed by atoms with E-state index in [4.69, 9.17) is 0 Å². The quantitative estimate of drug-likeness (QED) is 0.758. The lowest BCUT2D eigenvalue weighted by molar-refractivity contribution is 0.767. The summed E-state index contributed by atoms with van der Waals surface area (Å²) in [4.78, 5) is 2.18. The second-order valence-electron chi connectivity index (χ2n) is 3.71. The standard InChI is InChI=1S/C12H15N3/c1-14(12-8-13-15(2)10-12)9-11-6-4-3-5-7-11/h3-8,10H,9H2,1-2H3. The van der Waals surface area contributed by atoms with Crippen LogP contribution in [0, 0.1) is 0 Å². The summed E-state index contributed by atoms with van der Waals surface area (Å²) in [6.07, 6.45) is 3.89. The maximum Gasteiger partial charge on any atom is 0.0752 e. The Labute approximate surface area is 90.0 Å². The van der Waals surface area contributed by atoms with Gasteiger partial charge in [0.25, 0.3) is 0 Å². The topological polar surface area (TPSA) is 21.1 Å². The molecule has 2 aromatic rings. The highest BCUT2D eigenvalue weighted by Gasteiger charge is 2.03. The molecule has 3 heteroatoms. The van der Waals surface area contributed by atoms with E-state index in [0.29, 0.717) is 0 Å². The summed E-state index contributed by atoms with van der Waals surface area (Å²) in [6.45, 7) is 0.909. The van der Waals surface area contributed by atoms with E-state index in [9.17, 15) is 0 Å². The molecule has 0 bridgehead atoms. The number of hydrogen-bond acceptors (Lipinski definition) is 2. The molecule has 0 spiro atoms. The van der Waals surface area contributed by atoms with Crippen molar-refractivity contribution in [2.75, 3.05) is 11.9 Å². The number of benzene rings is 1. The first-order chi connectivity index (χ1) is 7.25. The predicted octanol–water partition coefficient (Wildman–Crippen LogP) is 2.06. The molecule has 1 aromatic heterocycles. The fourth-order valence-electron chi connectivity index (χ4n) is 1.55. The first kappa shape index (κ1) is 9.77. The Morgan fingerprint density at radius 2 is 2.00 bits per heavy atom. The number of anilines is 1. The number of aryl methyl sites for hydroxylation is 1. The zero-order chi connectivity index (χ0) is 10.7. The van der Waals surface area contributed by atoms with Crippen molar-refractivity contribution in [2.24, 2.45) is 7.05 Å². The Bertz CT molecular complexity index is 419. The lowest BCUT2D eigenvalue weighted by Crippen LogP contribution is -2.15. The number of rotatable bonds is 3. The van der Waals surface area contributed by atoms with Crippen LogP contribution in [0.15, 0.2) is 42.7 Å². The normalized spacial score (nSPS) is 10.3. The minimum Gasteiger partial charge on any atom is -0.368 e. The molecule has 2 rings (SSSR count). The SMILES string of the molecule is CN(Cc1ccccc1)c1cnn(C)c1. The molecule has 0 aliphatic carbocycles. The van der Waals surface area contributed by atoms with E-state index in [2.05, 4.69) is 41.3 Å². The van der Waals surface area contributed by atoms with Gasteiger partial charge in [-0.05, 0) is 5.56 Å². The highest BCUT2D eigenvalue weighted by molar-refractivity contribution is 5.42. The predicted molar refractivity (Wildman–Crippen MR) is 61.8 cm³/mol. The summed E-state index contributed by atoms with van der Waals surface area (Å²) in [6, 6.07) is 10.4. The molecule has 0 aliphatic heterocycles. The van der Waals surface area contributed by atoms with Crippen LogP contribution in [0.4, 0.5) is 5.69 Å². The van der Waals surface area contributed by atoms with Crippen molar-refractivity contribution in [2.45, 2.75) is 6.54 Å². The van der Waals surface area contributed by atoms with Crippen molar-refractivity contribution in [1.29, 1.82) is 0 Å². The van der Waals surface area contributed by atoms with Gasteiger partial charge in [-0.15, -0.1) is 0 Å². The minimum atomic E-state index is 0.909. The van der Waals surface area contributed by atoms with Gasteiger partial charge in [0.2, 0.25) is 0 Å². The maximum absolute atomic E-state index is 4.15. The zero-order valence-corrected chi connectivity index (χ0v) is 9.09. The van der Waals surface area contributed by atoms with E-state index >= 15 is 0 Å². The second-order valence-corrected chi connectivity index (χ2v) is 3.71. The van der Waals surface area contributed by atoms with Gasteiger partial charge in [-0.2, -0.15) is 5.10 Å². The van der Waals surface area contributed by atoms with Crippen molar-refractivity contribution in [3.63, 3.8) is 0 Å². The molecular formula is C12H15N3. The third kappa shape index (κ3) is 2.37. The summed E-state index contributed by atoms with van der Waals surface area (Å²) in [5.41, 5.74) is 2.45. The van der Waals surface area contributed by atoms with E-state index in [1.807, 2.05) is 30.2 Å². The van der Waals surface area contributed by atoms with Crippen molar-refractivity contribution in [3.8, 4) is 0 Å². The lowest BCUT2D eigenvalue weighted by Gasteiger charge is -2.16. The molecule has 15 heavy (non-hydrogen) atoms. The largest absolute Gasteiger partial charge is 0.368 e. The molecular weight excluding hydrogens is 186 g/mol. The molecule has 0 amide bonds. The van der Waals surface area contributed by atoms with Crippen LogP contribution in [0.1, 0.15) is 5.56 Å². The fourth-order valence-corrected chi connectivity index (χ4v) is 1.55. The third-order valence-corrected chi connectivity index (χ3v) is 2.39. The number of hydrogen-bond donors (Lipinski definition) is 0. The van der Waals surface area contributed by atoms with Crippen molar-refractivity contribution in [3.05, 3.63) is 48.3 Å². The lowest BCUT2D eigenvalue weighted by atomic mass is 10.2. The van der Waals surface area contributed by atoms with Gasteiger partial charge in [0.1, 0.15) is 0 Å². The highest BCUT2D eigenvalue weighted by Crippen LogP contribution is 2.13. The summed E-state index contributed by atoms with van der Waals surface area (Å²) in [5.74, 6) is 0. The van der Waals surface area contributed by atoms with E-state index < -0.39 is 0 Å². The van der Waals surface area contributed by atoms with Crippen molar-refractivity contribution >= 4 is 5.69 Å². The third-order valence-electron chi connectivity index (χ3n) is 2.39. The van der Waals surface area contributed by atoms with Gasteiger partial charge in [0.15, 0.2) is 0 Å². The molecule has 0 N–H and O–H groups in total. The van der Waals surface area contributed by atoms with E-state index in [1.165, 1.54) is 5.56 Å². The second kappa shape index (κ2) is 4.17. The molecule has 0 fully saturated rings. The van der Waals surface area contributed by atoms with Gasteiger partial charge >= 0.3 is 0 Å². The maximum atomic E-state index is 4.15. The first-order valence-electron chi connectivity index (χ1n) is 4.99. The molecule has 78 valence electrons.